The van der Waals surface area contributed by atoms with Crippen molar-refractivity contribution < 1.29 is 8.42 Å². The Balaban J connectivity index is 2.48. The van der Waals surface area contributed by atoms with Crippen LogP contribution < -0.4 is 16.0 Å². The number of anilines is 2. The van der Waals surface area contributed by atoms with Crippen molar-refractivity contribution in [2.75, 3.05) is 10.1 Å². The molecule has 2 aromatic carbocycles. The molecule has 0 bridgehead atoms. The number of para-hydroxylation sites is 1. The summed E-state index contributed by atoms with van der Waals surface area (Å²) in [6, 6.07) is 13.2. The van der Waals surface area contributed by atoms with Gasteiger partial charge in [0.2, 0.25) is 0 Å². The summed E-state index contributed by atoms with van der Waals surface area (Å²) in [7, 11) is -3.85. The summed E-state index contributed by atoms with van der Waals surface area (Å²) in [6.45, 7) is 1.74. The highest BCUT2D eigenvalue weighted by Crippen LogP contribution is 2.25. The normalized spacial score (nSPS) is 10.7. The Hall–Kier alpha value is -2.56. The van der Waals surface area contributed by atoms with E-state index in [2.05, 4.69) is 10.1 Å². The van der Waals surface area contributed by atoms with Gasteiger partial charge in [0, 0.05) is 0 Å². The molecule has 0 fully saturated rings. The fraction of sp³-hybridized carbons (Fsp3) is 0.0714. The van der Waals surface area contributed by atoms with E-state index in [1.54, 1.807) is 43.3 Å². The number of sulfonamides is 1. The van der Waals surface area contributed by atoms with Gasteiger partial charge in [-0.1, -0.05) is 24.3 Å². The number of hydrogen-bond donors (Lipinski definition) is 3. The molecule has 108 valence electrons. The van der Waals surface area contributed by atoms with E-state index in [0.29, 0.717) is 11.1 Å². The quantitative estimate of drug-likeness (QED) is 0.591. The average Bonchev–Trinajstić information content (AvgIpc) is 2.47. The van der Waals surface area contributed by atoms with Gasteiger partial charge in [0.15, 0.2) is 0 Å². The van der Waals surface area contributed by atoms with Crippen molar-refractivity contribution in [3.63, 3.8) is 0 Å². The zero-order valence-electron chi connectivity index (χ0n) is 11.3. The highest BCUT2D eigenvalue weighted by atomic mass is 32.2. The number of rotatable bonds is 4. The maximum Gasteiger partial charge on any atom is 0.264 e. The van der Waals surface area contributed by atoms with Crippen molar-refractivity contribution in [3.8, 4) is 6.07 Å². The van der Waals surface area contributed by atoms with E-state index in [1.807, 2.05) is 6.07 Å². The Labute approximate surface area is 123 Å². The predicted octanol–water partition coefficient (Wildman–Crippen LogP) is 1.95. The standard InChI is InChI=1S/C14H14N4O2S/c1-10-5-4-7-12(11(10)9-15)18-21(19,20)14-8-3-2-6-13(14)17-16/h2-8,17-18H,16H2,1H3. The van der Waals surface area contributed by atoms with Gasteiger partial charge < -0.3 is 5.43 Å². The number of hydrazine groups is 1. The van der Waals surface area contributed by atoms with E-state index >= 15 is 0 Å². The first-order valence-corrected chi connectivity index (χ1v) is 7.56. The summed E-state index contributed by atoms with van der Waals surface area (Å²) < 4.78 is 27.3. The van der Waals surface area contributed by atoms with Crippen LogP contribution in [0.25, 0.3) is 0 Å². The smallest absolute Gasteiger partial charge is 0.264 e. The Morgan fingerprint density at radius 3 is 2.43 bits per heavy atom. The van der Waals surface area contributed by atoms with E-state index in [1.165, 1.54) is 6.07 Å². The highest BCUT2D eigenvalue weighted by Gasteiger charge is 2.19. The first-order valence-electron chi connectivity index (χ1n) is 6.08. The molecule has 0 saturated heterocycles. The second-order valence-electron chi connectivity index (χ2n) is 4.36. The minimum Gasteiger partial charge on any atom is -0.323 e. The van der Waals surface area contributed by atoms with Crippen molar-refractivity contribution >= 4 is 21.4 Å². The molecule has 21 heavy (non-hydrogen) atoms. The van der Waals surface area contributed by atoms with Crippen LogP contribution in [0.3, 0.4) is 0 Å². The number of nitrogens with zero attached hydrogens (tertiary/aromatic N) is 1. The van der Waals surface area contributed by atoms with Crippen molar-refractivity contribution in [3.05, 3.63) is 53.6 Å². The van der Waals surface area contributed by atoms with Gasteiger partial charge in [0.05, 0.1) is 16.9 Å². The second-order valence-corrected chi connectivity index (χ2v) is 6.01. The summed E-state index contributed by atoms with van der Waals surface area (Å²) in [4.78, 5) is 0.0119. The molecule has 0 radical (unpaired) electrons. The summed E-state index contributed by atoms with van der Waals surface area (Å²) >= 11 is 0. The molecule has 2 aromatic rings. The van der Waals surface area contributed by atoms with Crippen LogP contribution in [-0.4, -0.2) is 8.42 Å². The Bertz CT molecular complexity index is 810. The molecule has 0 saturated carbocycles. The number of benzene rings is 2. The zero-order valence-corrected chi connectivity index (χ0v) is 12.1. The van der Waals surface area contributed by atoms with Crippen LogP contribution in [0.4, 0.5) is 11.4 Å². The summed E-state index contributed by atoms with van der Waals surface area (Å²) in [5.74, 6) is 5.33. The number of nitrogen functional groups attached to an aromatic ring is 1. The zero-order chi connectivity index (χ0) is 15.5. The lowest BCUT2D eigenvalue weighted by molar-refractivity contribution is 0.601. The van der Waals surface area contributed by atoms with Crippen molar-refractivity contribution in [1.82, 2.24) is 0 Å². The number of hydrogen-bond acceptors (Lipinski definition) is 5. The van der Waals surface area contributed by atoms with Gasteiger partial charge >= 0.3 is 0 Å². The number of nitrogens with two attached hydrogens (primary N) is 1. The molecule has 0 unspecified atom stereocenters. The van der Waals surface area contributed by atoms with Gasteiger partial charge in [-0.3, -0.25) is 10.6 Å². The third-order valence-corrected chi connectivity index (χ3v) is 4.38. The number of nitrogens with one attached hydrogen (secondary N) is 2. The van der Waals surface area contributed by atoms with Crippen molar-refractivity contribution in [1.29, 1.82) is 5.26 Å². The topological polar surface area (TPSA) is 108 Å². The third-order valence-electron chi connectivity index (χ3n) is 2.96. The Morgan fingerprint density at radius 1 is 1.10 bits per heavy atom. The van der Waals surface area contributed by atoms with Crippen molar-refractivity contribution in [2.24, 2.45) is 5.84 Å². The number of aryl methyl sites for hydroxylation is 1. The molecule has 2 rings (SSSR count). The van der Waals surface area contributed by atoms with E-state index < -0.39 is 10.0 Å². The molecule has 0 aromatic heterocycles. The van der Waals surface area contributed by atoms with E-state index in [-0.39, 0.29) is 16.3 Å². The first-order chi connectivity index (χ1) is 9.99. The van der Waals surface area contributed by atoms with Crippen molar-refractivity contribution in [2.45, 2.75) is 11.8 Å². The van der Waals surface area contributed by atoms with Gasteiger partial charge in [0.1, 0.15) is 11.0 Å². The molecule has 7 heteroatoms. The Kier molecular flexibility index (Phi) is 4.12. The molecule has 0 aliphatic rings. The van der Waals surface area contributed by atoms with Gasteiger partial charge in [-0.25, -0.2) is 8.42 Å². The van der Waals surface area contributed by atoms with E-state index in [9.17, 15) is 8.42 Å². The molecule has 0 heterocycles. The van der Waals surface area contributed by atoms with E-state index in [4.69, 9.17) is 11.1 Å². The molecule has 4 N–H and O–H groups in total. The third kappa shape index (κ3) is 2.97. The lowest BCUT2D eigenvalue weighted by Crippen LogP contribution is -2.18. The summed E-state index contributed by atoms with van der Waals surface area (Å²) in [6.07, 6.45) is 0. The summed E-state index contributed by atoms with van der Waals surface area (Å²) in [5, 5.41) is 9.15. The second kappa shape index (κ2) is 5.83. The van der Waals surface area contributed by atoms with Gasteiger partial charge in [-0.2, -0.15) is 5.26 Å². The SMILES string of the molecule is Cc1cccc(NS(=O)(=O)c2ccccc2NN)c1C#N. The van der Waals surface area contributed by atoms with E-state index in [0.717, 1.165) is 0 Å². The first kappa shape index (κ1) is 14.8. The van der Waals surface area contributed by atoms with Gasteiger partial charge in [0.25, 0.3) is 10.0 Å². The van der Waals surface area contributed by atoms with Crippen LogP contribution in [-0.2, 0) is 10.0 Å². The van der Waals surface area contributed by atoms with Crippen LogP contribution in [0, 0.1) is 18.3 Å². The minimum absolute atomic E-state index is 0.0119. The fourth-order valence-corrected chi connectivity index (χ4v) is 3.16. The maximum atomic E-state index is 12.4. The van der Waals surface area contributed by atoms with Crippen LogP contribution in [0.2, 0.25) is 0 Å². The molecule has 0 aliphatic carbocycles. The predicted molar refractivity (Wildman–Crippen MR) is 81.0 cm³/mol. The lowest BCUT2D eigenvalue weighted by Gasteiger charge is -2.13. The molecule has 0 atom stereocenters. The molecular formula is C14H14N4O2S. The molecule has 0 amide bonds. The van der Waals surface area contributed by atoms with Gasteiger partial charge in [-0.05, 0) is 30.7 Å². The van der Waals surface area contributed by atoms with Crippen LogP contribution in [0.15, 0.2) is 47.4 Å². The molecule has 6 nitrogen and oxygen atoms in total. The average molecular weight is 302 g/mol. The number of nitriles is 1. The maximum absolute atomic E-state index is 12.4. The molecule has 0 spiro atoms. The van der Waals surface area contributed by atoms with Crippen LogP contribution in [0.5, 0.6) is 0 Å². The summed E-state index contributed by atoms with van der Waals surface area (Å²) in [5.41, 5.74) is 3.85. The molecule has 0 aliphatic heterocycles. The van der Waals surface area contributed by atoms with Crippen LogP contribution in [0.1, 0.15) is 11.1 Å². The highest BCUT2D eigenvalue weighted by molar-refractivity contribution is 7.92. The lowest BCUT2D eigenvalue weighted by atomic mass is 10.1. The van der Waals surface area contributed by atoms with Gasteiger partial charge in [-0.15, -0.1) is 0 Å². The minimum atomic E-state index is -3.85. The Morgan fingerprint density at radius 2 is 1.76 bits per heavy atom. The molecular weight excluding hydrogens is 288 g/mol. The largest absolute Gasteiger partial charge is 0.323 e. The fourth-order valence-electron chi connectivity index (χ4n) is 1.92. The monoisotopic (exact) mass is 302 g/mol. The van der Waals surface area contributed by atoms with Crippen LogP contribution >= 0.6 is 0 Å².